The van der Waals surface area contributed by atoms with Gasteiger partial charge in [0, 0.05) is 28.9 Å². The van der Waals surface area contributed by atoms with Crippen molar-refractivity contribution in [2.45, 2.75) is 50.4 Å². The predicted molar refractivity (Wildman–Crippen MR) is 134 cm³/mol. The molecular weight excluding hydrogens is 447 g/mol. The maximum absolute atomic E-state index is 15.4. The zero-order valence-corrected chi connectivity index (χ0v) is 20.4. The van der Waals surface area contributed by atoms with E-state index in [0.29, 0.717) is 26.2 Å². The van der Waals surface area contributed by atoms with E-state index < -0.39 is 12.1 Å². The highest BCUT2D eigenvalue weighted by Gasteiger charge is 2.35. The number of hydrogen-bond acceptors (Lipinski definition) is 4. The Labute approximate surface area is 205 Å². The third-order valence-electron chi connectivity index (χ3n) is 7.25. The number of aromatic nitrogens is 1. The Bertz CT molecular complexity index is 1220. The van der Waals surface area contributed by atoms with Crippen molar-refractivity contribution in [1.29, 1.82) is 0 Å². The second-order valence-electron chi connectivity index (χ2n) is 9.92. The summed E-state index contributed by atoms with van der Waals surface area (Å²) >= 11 is 0. The number of carboxylic acids is 1. The second-order valence-corrected chi connectivity index (χ2v) is 9.92. The predicted octanol–water partition coefficient (Wildman–Crippen LogP) is 5.34. The molecule has 2 aromatic carbocycles. The number of nitrogens with zero attached hydrogens (tertiary/aromatic N) is 2. The van der Waals surface area contributed by atoms with Crippen LogP contribution in [-0.4, -0.2) is 66.7 Å². The van der Waals surface area contributed by atoms with Gasteiger partial charge in [0.05, 0.1) is 24.4 Å². The molecule has 1 aromatic heterocycles. The lowest BCUT2D eigenvalue weighted by Crippen LogP contribution is -2.32. The number of halogens is 1. The van der Waals surface area contributed by atoms with Crippen molar-refractivity contribution >= 4 is 16.9 Å². The van der Waals surface area contributed by atoms with Crippen molar-refractivity contribution in [3.63, 3.8) is 0 Å². The first-order valence-corrected chi connectivity index (χ1v) is 12.5. The number of alkyl halides is 1. The maximum Gasteiger partial charge on any atom is 0.335 e. The summed E-state index contributed by atoms with van der Waals surface area (Å²) in [4.78, 5) is 13.9. The Balaban J connectivity index is 1.72. The monoisotopic (exact) mass is 480 g/mol. The molecule has 1 aliphatic heterocycles. The molecule has 2 aliphatic rings. The van der Waals surface area contributed by atoms with Crippen LogP contribution in [0.2, 0.25) is 0 Å². The normalized spacial score (nSPS) is 22.2. The minimum Gasteiger partial charge on any atom is -0.490 e. The molecule has 0 unspecified atom stereocenters. The molecule has 186 valence electrons. The van der Waals surface area contributed by atoms with Crippen LogP contribution in [-0.2, 0) is 11.3 Å². The fourth-order valence-corrected chi connectivity index (χ4v) is 5.51. The summed E-state index contributed by atoms with van der Waals surface area (Å²) in [5, 5.41) is 10.6. The molecule has 7 heteroatoms. The summed E-state index contributed by atoms with van der Waals surface area (Å²) in [5.41, 5.74) is 3.84. The molecule has 1 N–H and O–H groups in total. The minimum absolute atomic E-state index is 0.224. The molecule has 0 saturated heterocycles. The smallest absolute Gasteiger partial charge is 0.335 e. The van der Waals surface area contributed by atoms with Crippen LogP contribution in [0.5, 0.6) is 5.75 Å². The standard InChI is InChI=1S/C28H33FN2O4/c1-30(2)13-14-34-19-16-31-24-15-18(28(32)33)11-12-21(24)26(20-7-3-5-9-23(20)29)27(31)22-8-4-6-10-25(22)35-17-19/h4,6,8,10-12,15,19-20,23H,3,5,7,9,13-14,16-17H2,1-2H3,(H,32,33)/t19-,20-,23-/m0/s1. The number of ether oxygens (including phenoxy) is 2. The van der Waals surface area contributed by atoms with Gasteiger partial charge >= 0.3 is 5.97 Å². The molecule has 3 atom stereocenters. The van der Waals surface area contributed by atoms with Gasteiger partial charge < -0.3 is 24.0 Å². The number of rotatable bonds is 6. The molecule has 1 fully saturated rings. The fraction of sp³-hybridized carbons (Fsp3) is 0.464. The first-order chi connectivity index (χ1) is 16.9. The Morgan fingerprint density at radius 1 is 1.20 bits per heavy atom. The Morgan fingerprint density at radius 2 is 2.00 bits per heavy atom. The van der Waals surface area contributed by atoms with Gasteiger partial charge in [-0.2, -0.15) is 0 Å². The van der Waals surface area contributed by atoms with Crippen LogP contribution in [0.1, 0.15) is 47.5 Å². The van der Waals surface area contributed by atoms with E-state index in [9.17, 15) is 9.90 Å². The Kier molecular flexibility index (Phi) is 6.80. The lowest BCUT2D eigenvalue weighted by Gasteiger charge is -2.29. The molecule has 0 radical (unpaired) electrons. The van der Waals surface area contributed by atoms with Gasteiger partial charge in [-0.1, -0.05) is 31.0 Å². The van der Waals surface area contributed by atoms with Crippen LogP contribution >= 0.6 is 0 Å². The van der Waals surface area contributed by atoms with Crippen LogP contribution in [0.4, 0.5) is 4.39 Å². The molecule has 6 nitrogen and oxygen atoms in total. The lowest BCUT2D eigenvalue weighted by atomic mass is 9.80. The van der Waals surface area contributed by atoms with Gasteiger partial charge in [-0.25, -0.2) is 9.18 Å². The number of benzene rings is 2. The molecule has 0 amide bonds. The molecular formula is C28H33FN2O4. The van der Waals surface area contributed by atoms with E-state index in [0.717, 1.165) is 59.3 Å². The molecule has 35 heavy (non-hydrogen) atoms. The number of carboxylic acid groups (broad SMARTS) is 1. The number of aromatic carboxylic acids is 1. The molecule has 3 aromatic rings. The number of para-hydroxylation sites is 1. The van der Waals surface area contributed by atoms with E-state index in [-0.39, 0.29) is 17.6 Å². The summed E-state index contributed by atoms with van der Waals surface area (Å²) in [6, 6.07) is 13.1. The molecule has 1 saturated carbocycles. The first-order valence-electron chi connectivity index (χ1n) is 12.5. The number of likely N-dealkylation sites (N-methyl/N-ethyl adjacent to an activating group) is 1. The number of carbonyl (C=O) groups is 1. The van der Waals surface area contributed by atoms with Gasteiger partial charge in [0.1, 0.15) is 24.6 Å². The lowest BCUT2D eigenvalue weighted by molar-refractivity contribution is 0.00421. The van der Waals surface area contributed by atoms with E-state index in [1.54, 1.807) is 12.1 Å². The average Bonchev–Trinajstić information content (AvgIpc) is 3.13. The zero-order chi connectivity index (χ0) is 24.5. The van der Waals surface area contributed by atoms with Gasteiger partial charge in [0.15, 0.2) is 0 Å². The second kappa shape index (κ2) is 9.99. The third-order valence-corrected chi connectivity index (χ3v) is 7.25. The van der Waals surface area contributed by atoms with Crippen molar-refractivity contribution in [3.05, 3.63) is 53.6 Å². The molecule has 5 rings (SSSR count). The number of fused-ring (bicyclic) bond motifs is 5. The molecule has 1 aliphatic carbocycles. The van der Waals surface area contributed by atoms with Gasteiger partial charge in [-0.15, -0.1) is 0 Å². The summed E-state index contributed by atoms with van der Waals surface area (Å²) in [6.07, 6.45) is 2.06. The van der Waals surface area contributed by atoms with E-state index in [2.05, 4.69) is 9.47 Å². The van der Waals surface area contributed by atoms with E-state index in [1.807, 2.05) is 44.4 Å². The van der Waals surface area contributed by atoms with Crippen molar-refractivity contribution in [2.24, 2.45) is 0 Å². The molecule has 0 spiro atoms. The van der Waals surface area contributed by atoms with Crippen molar-refractivity contribution in [1.82, 2.24) is 9.47 Å². The average molecular weight is 481 g/mol. The minimum atomic E-state index is -0.974. The SMILES string of the molecule is CN(C)CCO[C@@H]1COc2ccccc2-c2c([C@H]3CCCC[C@@H]3F)c3ccc(C(=O)O)cc3n2C1. The largest absolute Gasteiger partial charge is 0.490 e. The third kappa shape index (κ3) is 4.67. The highest BCUT2D eigenvalue weighted by molar-refractivity contribution is 5.98. The highest BCUT2D eigenvalue weighted by Crippen LogP contribution is 2.47. The van der Waals surface area contributed by atoms with Gasteiger partial charge in [-0.3, -0.25) is 0 Å². The van der Waals surface area contributed by atoms with Crippen molar-refractivity contribution in [2.75, 3.05) is 33.9 Å². The summed E-state index contributed by atoms with van der Waals surface area (Å²) in [6.45, 7) is 2.22. The van der Waals surface area contributed by atoms with Crippen LogP contribution in [0.3, 0.4) is 0 Å². The summed E-state index contributed by atoms with van der Waals surface area (Å²) in [5.74, 6) is -0.472. The van der Waals surface area contributed by atoms with Crippen LogP contribution in [0.25, 0.3) is 22.2 Å². The van der Waals surface area contributed by atoms with E-state index >= 15 is 4.39 Å². The van der Waals surface area contributed by atoms with Crippen LogP contribution in [0, 0.1) is 0 Å². The fourth-order valence-electron chi connectivity index (χ4n) is 5.51. The van der Waals surface area contributed by atoms with Crippen LogP contribution < -0.4 is 4.74 Å². The van der Waals surface area contributed by atoms with Crippen LogP contribution in [0.15, 0.2) is 42.5 Å². The van der Waals surface area contributed by atoms with Gasteiger partial charge in [-0.05, 0) is 56.8 Å². The maximum atomic E-state index is 15.4. The highest BCUT2D eigenvalue weighted by atomic mass is 19.1. The van der Waals surface area contributed by atoms with Gasteiger partial charge in [0.2, 0.25) is 0 Å². The Morgan fingerprint density at radius 3 is 2.77 bits per heavy atom. The quantitative estimate of drug-likeness (QED) is 0.516. The molecule has 2 heterocycles. The summed E-state index contributed by atoms with van der Waals surface area (Å²) < 4.78 is 30.1. The summed E-state index contributed by atoms with van der Waals surface area (Å²) in [7, 11) is 4.01. The first kappa shape index (κ1) is 23.8. The topological polar surface area (TPSA) is 63.9 Å². The number of hydrogen-bond donors (Lipinski definition) is 1. The zero-order valence-electron chi connectivity index (χ0n) is 20.4. The Hall–Kier alpha value is -2.90. The van der Waals surface area contributed by atoms with E-state index in [1.165, 1.54) is 0 Å². The molecule has 0 bridgehead atoms. The van der Waals surface area contributed by atoms with Gasteiger partial charge in [0.25, 0.3) is 0 Å². The van der Waals surface area contributed by atoms with E-state index in [4.69, 9.17) is 9.47 Å². The van der Waals surface area contributed by atoms with Crippen molar-refractivity contribution < 1.29 is 23.8 Å². The van der Waals surface area contributed by atoms with Crippen molar-refractivity contribution in [3.8, 4) is 17.0 Å².